The molecule has 0 radical (unpaired) electrons. The fourth-order valence-electron chi connectivity index (χ4n) is 2.68. The van der Waals surface area contributed by atoms with Crippen molar-refractivity contribution in [2.24, 2.45) is 0 Å². The minimum atomic E-state index is 0.0357. The van der Waals surface area contributed by atoms with Crippen LogP contribution in [-0.2, 0) is 13.1 Å². The average Bonchev–Trinajstić information content (AvgIpc) is 3.00. The van der Waals surface area contributed by atoms with Crippen molar-refractivity contribution in [3.63, 3.8) is 0 Å². The molecule has 1 saturated heterocycles. The number of hydrogen-bond acceptors (Lipinski definition) is 4. The maximum absolute atomic E-state index is 12.2. The van der Waals surface area contributed by atoms with Gasteiger partial charge in [0, 0.05) is 48.7 Å². The Morgan fingerprint density at radius 3 is 2.70 bits per heavy atom. The van der Waals surface area contributed by atoms with E-state index in [-0.39, 0.29) is 6.03 Å². The molecule has 0 aliphatic carbocycles. The average molecular weight is 330 g/mol. The Balaban J connectivity index is 1.42. The summed E-state index contributed by atoms with van der Waals surface area (Å²) >= 11 is 1.73. The zero-order chi connectivity index (χ0) is 16.1. The van der Waals surface area contributed by atoms with Gasteiger partial charge in [0.05, 0.1) is 12.2 Å². The van der Waals surface area contributed by atoms with E-state index < -0.39 is 0 Å². The molecule has 1 N–H and O–H groups in total. The highest BCUT2D eigenvalue weighted by Crippen LogP contribution is 2.14. The predicted molar refractivity (Wildman–Crippen MR) is 92.4 cm³/mol. The molecule has 122 valence electrons. The van der Waals surface area contributed by atoms with E-state index in [9.17, 15) is 4.79 Å². The second kappa shape index (κ2) is 7.57. The van der Waals surface area contributed by atoms with E-state index in [1.54, 1.807) is 11.3 Å². The quantitative estimate of drug-likeness (QED) is 0.937. The van der Waals surface area contributed by atoms with Gasteiger partial charge in [-0.1, -0.05) is 6.07 Å². The molecule has 23 heavy (non-hydrogen) atoms. The molecule has 2 amide bonds. The maximum atomic E-state index is 12.2. The minimum absolute atomic E-state index is 0.0357. The molecule has 0 unspecified atom stereocenters. The molecule has 0 aromatic carbocycles. The molecule has 3 rings (SSSR count). The number of pyridine rings is 1. The normalized spacial score (nSPS) is 15.6. The van der Waals surface area contributed by atoms with E-state index >= 15 is 0 Å². The molecule has 0 bridgehead atoms. The third-order valence-electron chi connectivity index (χ3n) is 3.98. The molecule has 3 heterocycles. The molecule has 1 aliphatic heterocycles. The van der Waals surface area contributed by atoms with Gasteiger partial charge in [0.1, 0.15) is 0 Å². The molecular weight excluding hydrogens is 308 g/mol. The van der Waals surface area contributed by atoms with Crippen LogP contribution in [0.3, 0.4) is 0 Å². The molecule has 6 heteroatoms. The molecular formula is C17H22N4OS. The first-order valence-corrected chi connectivity index (χ1v) is 8.73. The molecule has 1 aliphatic rings. The molecule has 1 fully saturated rings. The number of carbonyl (C=O) groups excluding carboxylic acids is 1. The van der Waals surface area contributed by atoms with Crippen LogP contribution in [0.2, 0.25) is 0 Å². The smallest absolute Gasteiger partial charge is 0.317 e. The molecule has 2 aromatic rings. The summed E-state index contributed by atoms with van der Waals surface area (Å²) in [6, 6.07) is 10.2. The van der Waals surface area contributed by atoms with E-state index in [0.717, 1.165) is 38.4 Å². The lowest BCUT2D eigenvalue weighted by Crippen LogP contribution is -2.51. The first kappa shape index (κ1) is 16.0. The van der Waals surface area contributed by atoms with Gasteiger partial charge in [0.2, 0.25) is 0 Å². The summed E-state index contributed by atoms with van der Waals surface area (Å²) < 4.78 is 0. The van der Waals surface area contributed by atoms with Crippen LogP contribution in [0.5, 0.6) is 0 Å². The molecule has 0 saturated carbocycles. The predicted octanol–water partition coefficient (Wildman–Crippen LogP) is 2.48. The summed E-state index contributed by atoms with van der Waals surface area (Å²) in [6.07, 6.45) is 1.82. The number of urea groups is 1. The lowest BCUT2D eigenvalue weighted by molar-refractivity contribution is 0.134. The first-order valence-electron chi connectivity index (χ1n) is 7.91. The van der Waals surface area contributed by atoms with Gasteiger partial charge in [-0.15, -0.1) is 11.3 Å². The van der Waals surface area contributed by atoms with Crippen molar-refractivity contribution in [3.05, 3.63) is 52.0 Å². The number of nitrogens with one attached hydrogen (secondary N) is 1. The number of nitrogens with zero attached hydrogens (tertiary/aromatic N) is 3. The highest BCUT2D eigenvalue weighted by molar-refractivity contribution is 7.11. The fourth-order valence-corrected chi connectivity index (χ4v) is 3.51. The number of hydrogen-bond donors (Lipinski definition) is 1. The van der Waals surface area contributed by atoms with Crippen LogP contribution in [0, 0.1) is 6.92 Å². The number of piperazine rings is 1. The van der Waals surface area contributed by atoms with E-state index in [1.807, 2.05) is 29.3 Å². The van der Waals surface area contributed by atoms with E-state index in [2.05, 4.69) is 34.3 Å². The Labute approximate surface area is 140 Å². The van der Waals surface area contributed by atoms with Gasteiger partial charge in [-0.25, -0.2) is 4.79 Å². The summed E-state index contributed by atoms with van der Waals surface area (Å²) in [5.41, 5.74) is 1.08. The third-order valence-corrected chi connectivity index (χ3v) is 4.98. The third kappa shape index (κ3) is 4.53. The molecule has 5 nitrogen and oxygen atoms in total. The van der Waals surface area contributed by atoms with Gasteiger partial charge >= 0.3 is 6.03 Å². The Hall–Kier alpha value is -1.92. The van der Waals surface area contributed by atoms with Crippen LogP contribution in [-0.4, -0.2) is 47.0 Å². The van der Waals surface area contributed by atoms with E-state index in [4.69, 9.17) is 0 Å². The Morgan fingerprint density at radius 2 is 2.04 bits per heavy atom. The van der Waals surface area contributed by atoms with Crippen molar-refractivity contribution in [2.75, 3.05) is 26.2 Å². The first-order chi connectivity index (χ1) is 11.2. The number of rotatable bonds is 4. The summed E-state index contributed by atoms with van der Waals surface area (Å²) in [6.45, 7) is 6.86. The van der Waals surface area contributed by atoms with Crippen molar-refractivity contribution < 1.29 is 4.79 Å². The zero-order valence-electron chi connectivity index (χ0n) is 13.4. The molecule has 0 spiro atoms. The SMILES string of the molecule is Cc1ccc(CNC(=O)N2CCN(Cc3ccccn3)CC2)s1. The van der Waals surface area contributed by atoms with E-state index in [1.165, 1.54) is 9.75 Å². The van der Waals surface area contributed by atoms with Gasteiger partial charge in [0.15, 0.2) is 0 Å². The standard InChI is InChI=1S/C17H22N4OS/c1-14-5-6-16(23-14)12-19-17(22)21-10-8-20(9-11-21)13-15-4-2-3-7-18-15/h2-7H,8-13H2,1H3,(H,19,22). The summed E-state index contributed by atoms with van der Waals surface area (Å²) in [5.74, 6) is 0. The Morgan fingerprint density at radius 1 is 1.22 bits per heavy atom. The summed E-state index contributed by atoms with van der Waals surface area (Å²) in [7, 11) is 0. The number of aryl methyl sites for hydroxylation is 1. The van der Waals surface area contributed by atoms with Gasteiger partial charge in [-0.3, -0.25) is 9.88 Å². The fraction of sp³-hybridized carbons (Fsp3) is 0.412. The topological polar surface area (TPSA) is 48.5 Å². The highest BCUT2D eigenvalue weighted by Gasteiger charge is 2.21. The largest absolute Gasteiger partial charge is 0.333 e. The summed E-state index contributed by atoms with van der Waals surface area (Å²) in [5, 5.41) is 3.01. The van der Waals surface area contributed by atoms with Crippen LogP contribution >= 0.6 is 11.3 Å². The molecule has 0 atom stereocenters. The van der Waals surface area contributed by atoms with Crippen molar-refractivity contribution in [1.29, 1.82) is 0 Å². The van der Waals surface area contributed by atoms with Crippen molar-refractivity contribution >= 4 is 17.4 Å². The number of amides is 2. The second-order valence-corrected chi connectivity index (χ2v) is 7.13. The van der Waals surface area contributed by atoms with Gasteiger partial charge in [-0.2, -0.15) is 0 Å². The zero-order valence-corrected chi connectivity index (χ0v) is 14.2. The van der Waals surface area contributed by atoms with Crippen LogP contribution in [0.1, 0.15) is 15.4 Å². The van der Waals surface area contributed by atoms with Gasteiger partial charge in [-0.05, 0) is 31.2 Å². The molecule has 2 aromatic heterocycles. The maximum Gasteiger partial charge on any atom is 0.317 e. The lowest BCUT2D eigenvalue weighted by Gasteiger charge is -2.34. The van der Waals surface area contributed by atoms with Gasteiger partial charge < -0.3 is 10.2 Å². The Kier molecular flexibility index (Phi) is 5.25. The summed E-state index contributed by atoms with van der Waals surface area (Å²) in [4.78, 5) is 23.3. The van der Waals surface area contributed by atoms with Crippen LogP contribution in [0.15, 0.2) is 36.5 Å². The van der Waals surface area contributed by atoms with E-state index in [0.29, 0.717) is 6.54 Å². The van der Waals surface area contributed by atoms with Gasteiger partial charge in [0.25, 0.3) is 0 Å². The van der Waals surface area contributed by atoms with Crippen LogP contribution in [0.25, 0.3) is 0 Å². The van der Waals surface area contributed by atoms with Crippen LogP contribution < -0.4 is 5.32 Å². The number of thiophene rings is 1. The Bertz CT molecular complexity index is 635. The van der Waals surface area contributed by atoms with Crippen molar-refractivity contribution in [1.82, 2.24) is 20.1 Å². The minimum Gasteiger partial charge on any atom is -0.333 e. The van der Waals surface area contributed by atoms with Crippen LogP contribution in [0.4, 0.5) is 4.79 Å². The number of carbonyl (C=O) groups is 1. The van der Waals surface area contributed by atoms with Crippen molar-refractivity contribution in [3.8, 4) is 0 Å². The van der Waals surface area contributed by atoms with Crippen molar-refractivity contribution in [2.45, 2.75) is 20.0 Å². The monoisotopic (exact) mass is 330 g/mol. The highest BCUT2D eigenvalue weighted by atomic mass is 32.1. The lowest BCUT2D eigenvalue weighted by atomic mass is 10.3. The second-order valence-electron chi connectivity index (χ2n) is 5.76. The number of aromatic nitrogens is 1.